The van der Waals surface area contributed by atoms with Crippen molar-refractivity contribution in [2.45, 2.75) is 12.8 Å². The molecule has 1 aliphatic heterocycles. The standard InChI is InChI=1S/C21H21ClN4O2/c22-17-8-4-5-9-18(17)25-12-14-26(15-13-25)20(27)11-10-19-23-21(24-28-19)16-6-2-1-3-7-16/h1-9H,10-15H2. The predicted octanol–water partition coefficient (Wildman–Crippen LogP) is 3.67. The number of aromatic nitrogens is 2. The lowest BCUT2D eigenvalue weighted by Gasteiger charge is -2.36. The molecule has 1 aliphatic rings. The number of amides is 1. The molecule has 1 fully saturated rings. The van der Waals surface area contributed by atoms with Crippen LogP contribution in [-0.4, -0.2) is 47.1 Å². The van der Waals surface area contributed by atoms with Gasteiger partial charge in [0.1, 0.15) is 0 Å². The summed E-state index contributed by atoms with van der Waals surface area (Å²) in [5.74, 6) is 1.15. The topological polar surface area (TPSA) is 62.5 Å². The fourth-order valence-corrected chi connectivity index (χ4v) is 3.59. The van der Waals surface area contributed by atoms with Crippen LogP contribution in [0, 0.1) is 0 Å². The van der Waals surface area contributed by atoms with Gasteiger partial charge in [-0.05, 0) is 12.1 Å². The lowest BCUT2D eigenvalue weighted by atomic mass is 10.2. The first-order valence-corrected chi connectivity index (χ1v) is 9.74. The monoisotopic (exact) mass is 396 g/mol. The largest absolute Gasteiger partial charge is 0.367 e. The number of anilines is 1. The SMILES string of the molecule is O=C(CCc1nc(-c2ccccc2)no1)N1CCN(c2ccccc2Cl)CC1. The molecule has 0 saturated carbocycles. The van der Waals surface area contributed by atoms with Crippen LogP contribution in [0.2, 0.25) is 5.02 Å². The van der Waals surface area contributed by atoms with E-state index in [0.29, 0.717) is 37.6 Å². The number of benzene rings is 2. The number of halogens is 1. The van der Waals surface area contributed by atoms with E-state index in [4.69, 9.17) is 16.1 Å². The molecular formula is C21H21ClN4O2. The lowest BCUT2D eigenvalue weighted by Crippen LogP contribution is -2.48. The number of hydrogen-bond acceptors (Lipinski definition) is 5. The van der Waals surface area contributed by atoms with Gasteiger partial charge in [-0.3, -0.25) is 4.79 Å². The van der Waals surface area contributed by atoms with Crippen LogP contribution >= 0.6 is 11.6 Å². The van der Waals surface area contributed by atoms with Gasteiger partial charge >= 0.3 is 0 Å². The van der Waals surface area contributed by atoms with E-state index in [0.717, 1.165) is 29.4 Å². The number of piperazine rings is 1. The minimum Gasteiger partial charge on any atom is -0.367 e. The first-order valence-electron chi connectivity index (χ1n) is 9.36. The summed E-state index contributed by atoms with van der Waals surface area (Å²) >= 11 is 6.27. The number of aryl methyl sites for hydroxylation is 1. The second-order valence-corrected chi connectivity index (χ2v) is 7.10. The van der Waals surface area contributed by atoms with Gasteiger partial charge < -0.3 is 14.3 Å². The Morgan fingerprint density at radius 2 is 1.71 bits per heavy atom. The summed E-state index contributed by atoms with van der Waals surface area (Å²) in [5, 5.41) is 4.74. The van der Waals surface area contributed by atoms with Crippen LogP contribution in [0.1, 0.15) is 12.3 Å². The highest BCUT2D eigenvalue weighted by molar-refractivity contribution is 6.33. The van der Waals surface area contributed by atoms with E-state index >= 15 is 0 Å². The van der Waals surface area contributed by atoms with Crippen molar-refractivity contribution in [2.24, 2.45) is 0 Å². The molecule has 1 aromatic heterocycles. The van der Waals surface area contributed by atoms with Gasteiger partial charge in [0.25, 0.3) is 0 Å². The molecule has 2 aromatic carbocycles. The quantitative estimate of drug-likeness (QED) is 0.658. The van der Waals surface area contributed by atoms with Gasteiger partial charge in [0, 0.05) is 44.6 Å². The van der Waals surface area contributed by atoms with E-state index in [1.54, 1.807) is 0 Å². The maximum Gasteiger partial charge on any atom is 0.227 e. The highest BCUT2D eigenvalue weighted by Gasteiger charge is 2.22. The van der Waals surface area contributed by atoms with Crippen molar-refractivity contribution >= 4 is 23.2 Å². The molecule has 0 bridgehead atoms. The van der Waals surface area contributed by atoms with Gasteiger partial charge in [0.2, 0.25) is 17.6 Å². The summed E-state index contributed by atoms with van der Waals surface area (Å²) in [4.78, 5) is 21.0. The third kappa shape index (κ3) is 4.17. The molecule has 28 heavy (non-hydrogen) atoms. The second-order valence-electron chi connectivity index (χ2n) is 6.70. The zero-order chi connectivity index (χ0) is 19.3. The summed E-state index contributed by atoms with van der Waals surface area (Å²) in [7, 11) is 0. The maximum absolute atomic E-state index is 12.5. The maximum atomic E-state index is 12.5. The molecule has 0 N–H and O–H groups in total. The van der Waals surface area contributed by atoms with Gasteiger partial charge in [0.15, 0.2) is 0 Å². The van der Waals surface area contributed by atoms with Gasteiger partial charge in [-0.15, -0.1) is 0 Å². The number of nitrogens with zero attached hydrogens (tertiary/aromatic N) is 4. The summed E-state index contributed by atoms with van der Waals surface area (Å²) in [6.07, 6.45) is 0.811. The normalized spacial score (nSPS) is 14.3. The predicted molar refractivity (Wildman–Crippen MR) is 108 cm³/mol. The molecule has 1 saturated heterocycles. The molecule has 0 atom stereocenters. The van der Waals surface area contributed by atoms with Gasteiger partial charge in [0.05, 0.1) is 10.7 Å². The fraction of sp³-hybridized carbons (Fsp3) is 0.286. The highest BCUT2D eigenvalue weighted by atomic mass is 35.5. The van der Waals surface area contributed by atoms with Crippen LogP contribution in [0.25, 0.3) is 11.4 Å². The zero-order valence-electron chi connectivity index (χ0n) is 15.4. The van der Waals surface area contributed by atoms with Crippen LogP contribution in [0.5, 0.6) is 0 Å². The number of hydrogen-bond donors (Lipinski definition) is 0. The number of carbonyl (C=O) groups is 1. The molecule has 0 aliphatic carbocycles. The summed E-state index contributed by atoms with van der Waals surface area (Å²) in [6.45, 7) is 2.91. The molecule has 6 nitrogen and oxygen atoms in total. The smallest absolute Gasteiger partial charge is 0.227 e. The molecule has 3 aromatic rings. The fourth-order valence-electron chi connectivity index (χ4n) is 3.34. The average molecular weight is 397 g/mol. The van der Waals surface area contributed by atoms with Crippen molar-refractivity contribution in [3.8, 4) is 11.4 Å². The first kappa shape index (κ1) is 18.5. The Hall–Kier alpha value is -2.86. The number of carbonyl (C=O) groups excluding carboxylic acids is 1. The van der Waals surface area contributed by atoms with Gasteiger partial charge in [-0.1, -0.05) is 59.2 Å². The van der Waals surface area contributed by atoms with E-state index in [2.05, 4.69) is 15.0 Å². The molecule has 1 amide bonds. The Morgan fingerprint density at radius 1 is 1.00 bits per heavy atom. The molecule has 2 heterocycles. The van der Waals surface area contributed by atoms with Crippen LogP contribution in [0.4, 0.5) is 5.69 Å². The van der Waals surface area contributed by atoms with E-state index < -0.39 is 0 Å². The molecule has 0 unspecified atom stereocenters. The van der Waals surface area contributed by atoms with Gasteiger partial charge in [-0.2, -0.15) is 4.98 Å². The zero-order valence-corrected chi connectivity index (χ0v) is 16.2. The Bertz CT molecular complexity index is 936. The third-order valence-electron chi connectivity index (χ3n) is 4.88. The van der Waals surface area contributed by atoms with E-state index in [-0.39, 0.29) is 5.91 Å². The van der Waals surface area contributed by atoms with Crippen LogP contribution in [-0.2, 0) is 11.2 Å². The average Bonchev–Trinajstić information content (AvgIpc) is 3.22. The molecular weight excluding hydrogens is 376 g/mol. The second kappa shape index (κ2) is 8.44. The Kier molecular flexibility index (Phi) is 5.58. The van der Waals surface area contributed by atoms with Crippen molar-refractivity contribution in [3.63, 3.8) is 0 Å². The van der Waals surface area contributed by atoms with Crippen molar-refractivity contribution in [2.75, 3.05) is 31.1 Å². The highest BCUT2D eigenvalue weighted by Crippen LogP contribution is 2.26. The molecule has 0 radical (unpaired) electrons. The van der Waals surface area contributed by atoms with Crippen LogP contribution in [0.3, 0.4) is 0 Å². The van der Waals surface area contributed by atoms with Crippen molar-refractivity contribution < 1.29 is 9.32 Å². The Labute approximate surface area is 168 Å². The molecule has 144 valence electrons. The van der Waals surface area contributed by atoms with Crippen LogP contribution in [0.15, 0.2) is 59.1 Å². The van der Waals surface area contributed by atoms with Crippen molar-refractivity contribution in [1.82, 2.24) is 15.0 Å². The molecule has 4 rings (SSSR count). The number of rotatable bonds is 5. The Morgan fingerprint density at radius 3 is 2.46 bits per heavy atom. The van der Waals surface area contributed by atoms with E-state index in [1.807, 2.05) is 59.5 Å². The summed E-state index contributed by atoms with van der Waals surface area (Å²) in [6, 6.07) is 17.5. The van der Waals surface area contributed by atoms with Crippen LogP contribution < -0.4 is 4.90 Å². The van der Waals surface area contributed by atoms with Crippen molar-refractivity contribution in [1.29, 1.82) is 0 Å². The van der Waals surface area contributed by atoms with E-state index in [9.17, 15) is 4.79 Å². The van der Waals surface area contributed by atoms with E-state index in [1.165, 1.54) is 0 Å². The first-order chi connectivity index (χ1) is 13.7. The Balaban J connectivity index is 1.28. The van der Waals surface area contributed by atoms with Gasteiger partial charge in [-0.25, -0.2) is 0 Å². The summed E-state index contributed by atoms with van der Waals surface area (Å²) in [5.41, 5.74) is 1.93. The van der Waals surface area contributed by atoms with Crippen molar-refractivity contribution in [3.05, 3.63) is 65.5 Å². The lowest BCUT2D eigenvalue weighted by molar-refractivity contribution is -0.131. The molecule has 0 spiro atoms. The number of para-hydroxylation sites is 1. The minimum absolute atomic E-state index is 0.110. The minimum atomic E-state index is 0.110. The molecule has 7 heteroatoms. The summed E-state index contributed by atoms with van der Waals surface area (Å²) < 4.78 is 5.29. The third-order valence-corrected chi connectivity index (χ3v) is 5.20.